The van der Waals surface area contributed by atoms with Crippen molar-refractivity contribution in [3.05, 3.63) is 29.5 Å². The fourth-order valence-electron chi connectivity index (χ4n) is 3.89. The lowest BCUT2D eigenvalue weighted by Gasteiger charge is -2.34. The van der Waals surface area contributed by atoms with E-state index in [-0.39, 0.29) is 30.4 Å². The fourth-order valence-corrected chi connectivity index (χ4v) is 5.42. The maximum Gasteiger partial charge on any atom is 0.150 e. The number of sulfone groups is 1. The monoisotopic (exact) mass is 467 g/mol. The molecule has 2 saturated heterocycles. The van der Waals surface area contributed by atoms with Crippen LogP contribution >= 0.6 is 0 Å². The molecule has 0 spiro atoms. The molecule has 11 heteroatoms. The zero-order chi connectivity index (χ0) is 23.5. The van der Waals surface area contributed by atoms with E-state index in [9.17, 15) is 13.7 Å². The number of morpholine rings is 1. The summed E-state index contributed by atoms with van der Waals surface area (Å²) >= 11 is 0. The van der Waals surface area contributed by atoms with Crippen LogP contribution in [0, 0.1) is 34.0 Å². The highest BCUT2D eigenvalue weighted by Crippen LogP contribution is 2.32. The highest BCUT2D eigenvalue weighted by molar-refractivity contribution is 7.91. The van der Waals surface area contributed by atoms with Gasteiger partial charge in [-0.2, -0.15) is 10.4 Å². The van der Waals surface area contributed by atoms with Crippen molar-refractivity contribution in [3.63, 3.8) is 0 Å². The summed E-state index contributed by atoms with van der Waals surface area (Å²) in [6.45, 7) is 3.86. The second kappa shape index (κ2) is 9.22. The third-order valence-corrected chi connectivity index (χ3v) is 7.59. The van der Waals surface area contributed by atoms with Crippen LogP contribution in [-0.4, -0.2) is 67.1 Å². The normalized spacial score (nSPS) is 21.3. The Balaban J connectivity index is 1.78. The molecule has 172 valence electrons. The van der Waals surface area contributed by atoms with E-state index in [2.05, 4.69) is 38.3 Å². The Morgan fingerprint density at radius 3 is 2.85 bits per heavy atom. The number of nitriles is 1. The average Bonchev–Trinajstić information content (AvgIpc) is 3.32. The van der Waals surface area contributed by atoms with Gasteiger partial charge in [-0.3, -0.25) is 5.10 Å². The van der Waals surface area contributed by atoms with Gasteiger partial charge in [-0.15, -0.1) is 0 Å². The second-order valence-electron chi connectivity index (χ2n) is 8.24. The molecule has 3 N–H and O–H groups in total. The second-order valence-corrected chi connectivity index (χ2v) is 10.5. The van der Waals surface area contributed by atoms with E-state index in [1.54, 1.807) is 12.3 Å². The highest BCUT2D eigenvalue weighted by atomic mass is 32.2. The Kier molecular flexibility index (Phi) is 6.36. The molecular formula is C22H25N7O3S. The third-order valence-electron chi connectivity index (χ3n) is 5.94. The molecule has 0 saturated carbocycles. The topological polar surface area (TPSA) is 148 Å². The SMILES string of the molecule is C[C@@H]1COCCN1c1cc(C#CC2(C#N)CCS(=O)(=O)CC2)c(C=N)c(Nc2ccn[nH]2)n1. The Bertz CT molecular complexity index is 1230. The first-order chi connectivity index (χ1) is 15.8. The molecule has 4 rings (SSSR count). The van der Waals surface area contributed by atoms with Crippen LogP contribution in [0.25, 0.3) is 0 Å². The number of anilines is 3. The molecule has 2 aliphatic rings. The lowest BCUT2D eigenvalue weighted by atomic mass is 9.84. The first kappa shape index (κ1) is 22.8. The van der Waals surface area contributed by atoms with Crippen molar-refractivity contribution in [3.8, 4) is 17.9 Å². The van der Waals surface area contributed by atoms with Gasteiger partial charge in [-0.1, -0.05) is 11.8 Å². The predicted octanol–water partition coefficient (Wildman–Crippen LogP) is 1.84. The van der Waals surface area contributed by atoms with Crippen molar-refractivity contribution >= 4 is 33.5 Å². The predicted molar refractivity (Wildman–Crippen MR) is 124 cm³/mol. The number of nitrogens with one attached hydrogen (secondary N) is 3. The average molecular weight is 468 g/mol. The van der Waals surface area contributed by atoms with Gasteiger partial charge in [0.25, 0.3) is 0 Å². The lowest BCUT2D eigenvalue weighted by molar-refractivity contribution is 0.0985. The van der Waals surface area contributed by atoms with Gasteiger partial charge < -0.3 is 20.4 Å². The zero-order valence-electron chi connectivity index (χ0n) is 18.3. The third kappa shape index (κ3) is 5.00. The summed E-state index contributed by atoms with van der Waals surface area (Å²) in [6, 6.07) is 5.90. The van der Waals surface area contributed by atoms with Crippen LogP contribution in [0.5, 0.6) is 0 Å². The maximum absolute atomic E-state index is 11.8. The largest absolute Gasteiger partial charge is 0.377 e. The molecule has 2 aliphatic heterocycles. The summed E-state index contributed by atoms with van der Waals surface area (Å²) in [4.78, 5) is 6.87. The number of H-pyrrole nitrogens is 1. The molecule has 0 aliphatic carbocycles. The molecule has 0 aromatic carbocycles. The molecule has 0 unspecified atom stereocenters. The summed E-state index contributed by atoms with van der Waals surface area (Å²) in [5.41, 5.74) is -0.0193. The van der Waals surface area contributed by atoms with E-state index in [1.165, 1.54) is 6.21 Å². The van der Waals surface area contributed by atoms with Crippen molar-refractivity contribution in [2.75, 3.05) is 41.5 Å². The van der Waals surface area contributed by atoms with Crippen LogP contribution in [-0.2, 0) is 14.6 Å². The van der Waals surface area contributed by atoms with Crippen molar-refractivity contribution < 1.29 is 13.2 Å². The molecule has 0 bridgehead atoms. The number of ether oxygens (including phenoxy) is 1. The summed E-state index contributed by atoms with van der Waals surface area (Å²) < 4.78 is 29.2. The van der Waals surface area contributed by atoms with Crippen LogP contribution < -0.4 is 10.2 Å². The number of aromatic amines is 1. The number of pyridine rings is 1. The molecule has 2 aromatic rings. The maximum atomic E-state index is 11.8. The van der Waals surface area contributed by atoms with E-state index < -0.39 is 15.3 Å². The Morgan fingerprint density at radius 1 is 1.42 bits per heavy atom. The number of hydrogen-bond donors (Lipinski definition) is 3. The molecule has 0 radical (unpaired) electrons. The van der Waals surface area contributed by atoms with Gasteiger partial charge in [0.15, 0.2) is 9.84 Å². The van der Waals surface area contributed by atoms with Crippen molar-refractivity contribution in [1.29, 1.82) is 10.7 Å². The van der Waals surface area contributed by atoms with Crippen LogP contribution in [0.3, 0.4) is 0 Å². The number of hydrogen-bond acceptors (Lipinski definition) is 9. The molecule has 33 heavy (non-hydrogen) atoms. The van der Waals surface area contributed by atoms with Gasteiger partial charge >= 0.3 is 0 Å². The van der Waals surface area contributed by atoms with Gasteiger partial charge in [0.1, 0.15) is 22.9 Å². The smallest absolute Gasteiger partial charge is 0.150 e. The van der Waals surface area contributed by atoms with E-state index in [1.807, 2.05) is 13.0 Å². The Hall–Kier alpha value is -3.41. The Labute approximate surface area is 192 Å². The quantitative estimate of drug-likeness (QED) is 0.456. The minimum absolute atomic E-state index is 0.0494. The molecule has 4 heterocycles. The van der Waals surface area contributed by atoms with Gasteiger partial charge in [-0.25, -0.2) is 13.4 Å². The van der Waals surface area contributed by atoms with Crippen molar-refractivity contribution in [1.82, 2.24) is 15.2 Å². The highest BCUT2D eigenvalue weighted by Gasteiger charge is 2.36. The number of rotatable bonds is 4. The van der Waals surface area contributed by atoms with E-state index in [4.69, 9.17) is 15.1 Å². The van der Waals surface area contributed by atoms with E-state index in [0.717, 1.165) is 0 Å². The van der Waals surface area contributed by atoms with Gasteiger partial charge in [0.05, 0.1) is 48.6 Å². The van der Waals surface area contributed by atoms with Crippen LogP contribution in [0.2, 0.25) is 0 Å². The molecule has 1 atom stereocenters. The summed E-state index contributed by atoms with van der Waals surface area (Å²) in [7, 11) is -3.13. The summed E-state index contributed by atoms with van der Waals surface area (Å²) in [5.74, 6) is 7.76. The fraction of sp³-hybridized carbons (Fsp3) is 0.455. The minimum Gasteiger partial charge on any atom is -0.377 e. The lowest BCUT2D eigenvalue weighted by Crippen LogP contribution is -2.44. The van der Waals surface area contributed by atoms with Crippen LogP contribution in [0.4, 0.5) is 17.5 Å². The minimum atomic E-state index is -3.13. The van der Waals surface area contributed by atoms with Gasteiger partial charge in [0, 0.05) is 24.4 Å². The summed E-state index contributed by atoms with van der Waals surface area (Å²) in [6.07, 6.45) is 3.13. The Morgan fingerprint density at radius 2 is 2.21 bits per heavy atom. The summed E-state index contributed by atoms with van der Waals surface area (Å²) in [5, 5.41) is 27.7. The molecule has 10 nitrogen and oxygen atoms in total. The molecular weight excluding hydrogens is 442 g/mol. The van der Waals surface area contributed by atoms with Gasteiger partial charge in [-0.05, 0) is 25.8 Å². The van der Waals surface area contributed by atoms with Crippen LogP contribution in [0.1, 0.15) is 30.9 Å². The van der Waals surface area contributed by atoms with Gasteiger partial charge in [0.2, 0.25) is 0 Å². The van der Waals surface area contributed by atoms with E-state index >= 15 is 0 Å². The van der Waals surface area contributed by atoms with E-state index in [0.29, 0.717) is 48.3 Å². The van der Waals surface area contributed by atoms with Crippen molar-refractivity contribution in [2.24, 2.45) is 5.41 Å². The van der Waals surface area contributed by atoms with Crippen LogP contribution in [0.15, 0.2) is 18.3 Å². The zero-order valence-corrected chi connectivity index (χ0v) is 19.1. The number of aromatic nitrogens is 3. The van der Waals surface area contributed by atoms with Crippen molar-refractivity contribution in [2.45, 2.75) is 25.8 Å². The number of nitrogens with zero attached hydrogens (tertiary/aromatic N) is 4. The first-order valence-corrected chi connectivity index (χ1v) is 12.5. The molecule has 0 amide bonds. The molecule has 2 aromatic heterocycles. The molecule has 2 fully saturated rings. The first-order valence-electron chi connectivity index (χ1n) is 10.7. The standard InChI is InChI=1S/C22H25N7O3S/c1-16-14-32-9-8-29(16)20-12-17(2-4-22(15-24)5-10-33(30,31)11-6-22)18(13-23)21(27-20)26-19-3-7-25-28-19/h3,7,12-13,16,23H,5-6,8-11,14H2,1H3,(H2,25,26,27,28)/t16-/m1/s1.